The second-order valence-corrected chi connectivity index (χ2v) is 16.5. The largest absolute Gasteiger partial charge is 0.341 e. The summed E-state index contributed by atoms with van der Waals surface area (Å²) in [5, 5.41) is -0.412. The highest BCUT2D eigenvalue weighted by Gasteiger charge is 2.61. The van der Waals surface area contributed by atoms with Crippen molar-refractivity contribution in [2.24, 2.45) is 0 Å². The molecule has 0 aliphatic carbocycles. The molecule has 14 heteroatoms. The third kappa shape index (κ3) is 6.15. The summed E-state index contributed by atoms with van der Waals surface area (Å²) < 4.78 is 39.0. The number of amides is 1. The molecule has 5 rings (SSSR count). The SMILES string of the molecule is Cc1sc(-c2ccncc2)nc1CCN(C)C(=O)c1ccc(C([P]2(O)OC(C)C(C)O2)[P]2(O)OC(C)C(C)O2)cc1F. The van der Waals surface area contributed by atoms with E-state index in [4.69, 9.17) is 23.1 Å². The lowest BCUT2D eigenvalue weighted by Gasteiger charge is -2.39. The fourth-order valence-electron chi connectivity index (χ4n) is 4.86. The van der Waals surface area contributed by atoms with Gasteiger partial charge in [0.25, 0.3) is 5.91 Å². The minimum atomic E-state index is -3.80. The second kappa shape index (κ2) is 12.2. The van der Waals surface area contributed by atoms with Crippen molar-refractivity contribution in [2.45, 2.75) is 70.9 Å². The van der Waals surface area contributed by atoms with Gasteiger partial charge in [-0.05, 0) is 64.4 Å². The quantitative estimate of drug-likeness (QED) is 0.281. The monoisotopic (exact) mass is 639 g/mol. The Balaban J connectivity index is 1.35. The van der Waals surface area contributed by atoms with Crippen molar-refractivity contribution < 1.29 is 37.1 Å². The zero-order valence-electron chi connectivity index (χ0n) is 24.3. The van der Waals surface area contributed by atoms with Gasteiger partial charge in [-0.15, -0.1) is 11.3 Å². The number of aromatic nitrogens is 2. The van der Waals surface area contributed by atoms with Crippen molar-refractivity contribution in [1.29, 1.82) is 0 Å². The molecule has 4 unspecified atom stereocenters. The Morgan fingerprint density at radius 1 is 1.00 bits per heavy atom. The van der Waals surface area contributed by atoms with Crippen LogP contribution in [-0.4, -0.2) is 68.6 Å². The number of thiazole rings is 1. The Kier molecular flexibility index (Phi) is 9.13. The van der Waals surface area contributed by atoms with Gasteiger partial charge in [0.05, 0.1) is 35.7 Å². The average Bonchev–Trinajstić information content (AvgIpc) is 3.53. The first-order valence-electron chi connectivity index (χ1n) is 13.7. The maximum absolute atomic E-state index is 15.6. The van der Waals surface area contributed by atoms with Gasteiger partial charge in [0.2, 0.25) is 15.9 Å². The Morgan fingerprint density at radius 3 is 2.07 bits per heavy atom. The van der Waals surface area contributed by atoms with E-state index in [1.54, 1.807) is 58.5 Å². The summed E-state index contributed by atoms with van der Waals surface area (Å²) in [6, 6.07) is 7.74. The molecule has 2 aliphatic heterocycles. The van der Waals surface area contributed by atoms with Crippen LogP contribution in [0.1, 0.15) is 59.6 Å². The van der Waals surface area contributed by atoms with Gasteiger partial charge in [0.1, 0.15) is 10.8 Å². The van der Waals surface area contributed by atoms with Crippen LogP contribution in [0.15, 0.2) is 42.7 Å². The molecule has 228 valence electrons. The summed E-state index contributed by atoms with van der Waals surface area (Å²) in [5.74, 6) is -1.32. The molecule has 2 fully saturated rings. The van der Waals surface area contributed by atoms with Crippen molar-refractivity contribution in [3.8, 4) is 10.6 Å². The van der Waals surface area contributed by atoms with Crippen molar-refractivity contribution in [3.63, 3.8) is 0 Å². The van der Waals surface area contributed by atoms with E-state index in [1.807, 2.05) is 19.1 Å². The van der Waals surface area contributed by atoms with Gasteiger partial charge in [-0.25, -0.2) is 9.37 Å². The van der Waals surface area contributed by atoms with E-state index in [-0.39, 0.29) is 11.1 Å². The Hall–Kier alpha value is -1.98. The van der Waals surface area contributed by atoms with Crippen LogP contribution in [0.5, 0.6) is 0 Å². The number of halogens is 1. The number of hydrogen-bond donors (Lipinski definition) is 2. The van der Waals surface area contributed by atoms with Crippen LogP contribution in [0.2, 0.25) is 0 Å². The predicted octanol–water partition coefficient (Wildman–Crippen LogP) is 6.12. The molecule has 42 heavy (non-hydrogen) atoms. The lowest BCUT2D eigenvalue weighted by atomic mass is 10.1. The number of rotatable bonds is 8. The first-order valence-corrected chi connectivity index (χ1v) is 17.8. The zero-order valence-corrected chi connectivity index (χ0v) is 26.9. The maximum atomic E-state index is 15.6. The van der Waals surface area contributed by atoms with E-state index in [0.717, 1.165) is 27.2 Å². The molecule has 3 aromatic rings. The van der Waals surface area contributed by atoms with E-state index in [2.05, 4.69) is 4.98 Å². The molecule has 10 nitrogen and oxygen atoms in total. The highest BCUT2D eigenvalue weighted by atomic mass is 32.1. The molecule has 2 N–H and O–H groups in total. The van der Waals surface area contributed by atoms with Crippen LogP contribution < -0.4 is 0 Å². The number of aryl methyl sites for hydroxylation is 1. The molecule has 0 bridgehead atoms. The Labute approximate surface area is 250 Å². The van der Waals surface area contributed by atoms with Crippen LogP contribution in [0.25, 0.3) is 10.6 Å². The fraction of sp³-hybridized carbons (Fsp3) is 0.464. The van der Waals surface area contributed by atoms with E-state index < -0.39 is 57.4 Å². The number of carbonyl (C=O) groups excluding carboxylic acids is 1. The molecule has 0 saturated carbocycles. The molecule has 2 aliphatic rings. The van der Waals surface area contributed by atoms with Crippen molar-refractivity contribution in [2.75, 3.05) is 13.6 Å². The summed E-state index contributed by atoms with van der Waals surface area (Å²) >= 11 is 1.57. The molecule has 0 spiro atoms. The van der Waals surface area contributed by atoms with Gasteiger partial charge in [-0.3, -0.25) is 9.78 Å². The van der Waals surface area contributed by atoms with Gasteiger partial charge in [-0.1, -0.05) is 6.07 Å². The number of benzene rings is 1. The normalized spacial score (nSPS) is 30.0. The number of likely N-dealkylation sites (N-methyl/N-ethyl adjacent to an activating group) is 1. The van der Waals surface area contributed by atoms with Gasteiger partial charge < -0.3 is 32.8 Å². The summed E-state index contributed by atoms with van der Waals surface area (Å²) in [6.07, 6.45) is 2.09. The number of nitrogens with zero attached hydrogens (tertiary/aromatic N) is 3. The minimum Gasteiger partial charge on any atom is -0.341 e. The summed E-state index contributed by atoms with van der Waals surface area (Å²) in [4.78, 5) is 47.6. The lowest BCUT2D eigenvalue weighted by Crippen LogP contribution is -2.29. The number of hydrogen-bond acceptors (Lipinski definition) is 10. The average molecular weight is 640 g/mol. The lowest BCUT2D eigenvalue weighted by molar-refractivity contribution is 0.0791. The van der Waals surface area contributed by atoms with E-state index in [1.165, 1.54) is 17.0 Å². The van der Waals surface area contributed by atoms with Crippen LogP contribution >= 0.6 is 27.2 Å². The maximum Gasteiger partial charge on any atom is 0.256 e. The van der Waals surface area contributed by atoms with Crippen molar-refractivity contribution >= 4 is 33.1 Å². The third-order valence-corrected chi connectivity index (χ3v) is 14.8. The molecule has 2 saturated heterocycles. The summed E-state index contributed by atoms with van der Waals surface area (Å²) in [7, 11) is -5.99. The van der Waals surface area contributed by atoms with Gasteiger partial charge in [0, 0.05) is 42.8 Å². The molecule has 2 aromatic heterocycles. The van der Waals surface area contributed by atoms with Gasteiger partial charge in [-0.2, -0.15) is 0 Å². The van der Waals surface area contributed by atoms with Crippen molar-refractivity contribution in [3.05, 3.63) is 70.2 Å². The number of pyridine rings is 1. The molecular formula is C28H36FN3O7P2S. The van der Waals surface area contributed by atoms with Crippen LogP contribution in [0.4, 0.5) is 4.39 Å². The second-order valence-electron chi connectivity index (χ2n) is 10.7. The van der Waals surface area contributed by atoms with Gasteiger partial charge >= 0.3 is 0 Å². The van der Waals surface area contributed by atoms with Gasteiger partial charge in [0.15, 0.2) is 5.40 Å². The summed E-state index contributed by atoms with van der Waals surface area (Å²) in [6.45, 7) is 9.29. The van der Waals surface area contributed by atoms with Crippen LogP contribution in [0.3, 0.4) is 0 Å². The molecule has 2 radical (unpaired) electrons. The molecular weight excluding hydrogens is 603 g/mol. The smallest absolute Gasteiger partial charge is 0.256 e. The standard InChI is InChI=1S/C28H36FN3O7P2S/c1-16-17(2)37-40(34,36-16)28(41(35)38-18(3)19(4)39-41)22-7-8-23(24(29)15-22)27(33)32(6)14-11-25-20(5)42-26(31-25)21-9-12-30-13-10-21/h7-10,12-13,15-19,28,34-35H,11,14H2,1-6H3. The number of carbonyl (C=O) groups is 1. The Morgan fingerprint density at radius 2 is 1.55 bits per heavy atom. The first-order chi connectivity index (χ1) is 19.8. The molecule has 1 amide bonds. The molecule has 4 atom stereocenters. The van der Waals surface area contributed by atoms with E-state index >= 15 is 4.39 Å². The zero-order chi connectivity index (χ0) is 30.4. The third-order valence-electron chi connectivity index (χ3n) is 7.58. The highest BCUT2D eigenvalue weighted by molar-refractivity contribution is 7.78. The topological polar surface area (TPSA) is 123 Å². The van der Waals surface area contributed by atoms with E-state index in [0.29, 0.717) is 13.0 Å². The Bertz CT molecular complexity index is 1400. The highest BCUT2D eigenvalue weighted by Crippen LogP contribution is 2.89. The van der Waals surface area contributed by atoms with E-state index in [9.17, 15) is 14.6 Å². The fourth-order valence-corrected chi connectivity index (χ4v) is 12.2. The first kappa shape index (κ1) is 31.4. The summed E-state index contributed by atoms with van der Waals surface area (Å²) in [5.41, 5.74) is 1.87. The van der Waals surface area contributed by atoms with Crippen molar-refractivity contribution in [1.82, 2.24) is 14.9 Å². The molecule has 4 heterocycles. The molecule has 1 aromatic carbocycles. The minimum absolute atomic E-state index is 0.145. The van der Waals surface area contributed by atoms with Crippen LogP contribution in [-0.2, 0) is 24.5 Å². The predicted molar refractivity (Wildman–Crippen MR) is 160 cm³/mol. The van der Waals surface area contributed by atoms with Crippen LogP contribution in [0, 0.1) is 12.7 Å².